The Labute approximate surface area is 149 Å². The molecule has 0 aliphatic carbocycles. The van der Waals surface area contributed by atoms with E-state index in [2.05, 4.69) is 14.8 Å². The molecule has 0 spiro atoms. The van der Waals surface area contributed by atoms with E-state index in [0.717, 1.165) is 6.08 Å². The molecule has 0 radical (unpaired) electrons. The van der Waals surface area contributed by atoms with E-state index in [4.69, 9.17) is 0 Å². The van der Waals surface area contributed by atoms with Crippen molar-refractivity contribution in [3.05, 3.63) is 71.3 Å². The van der Waals surface area contributed by atoms with E-state index in [1.165, 1.54) is 32.4 Å². The fourth-order valence-corrected chi connectivity index (χ4v) is 2.17. The first kappa shape index (κ1) is 18.7. The van der Waals surface area contributed by atoms with Crippen molar-refractivity contribution in [1.82, 2.24) is 0 Å². The van der Waals surface area contributed by atoms with Gasteiger partial charge in [0, 0.05) is 17.3 Å². The van der Waals surface area contributed by atoms with Crippen LogP contribution >= 0.6 is 0 Å². The normalized spacial score (nSPS) is 10.8. The Morgan fingerprint density at radius 1 is 0.885 bits per heavy atom. The summed E-state index contributed by atoms with van der Waals surface area (Å²) in [6.45, 7) is 0. The smallest absolute Gasteiger partial charge is 0.337 e. The monoisotopic (exact) mass is 355 g/mol. The largest absolute Gasteiger partial charge is 0.507 e. The van der Waals surface area contributed by atoms with Gasteiger partial charge in [0.25, 0.3) is 5.91 Å². The molecule has 0 saturated carbocycles. The number of nitrogens with one attached hydrogen (secondary N) is 1. The predicted molar refractivity (Wildman–Crippen MR) is 94.8 cm³/mol. The third-order valence-corrected chi connectivity index (χ3v) is 3.38. The van der Waals surface area contributed by atoms with Crippen LogP contribution in [0.3, 0.4) is 0 Å². The Bertz CT molecular complexity index is 823. The second kappa shape index (κ2) is 8.48. The van der Waals surface area contributed by atoms with Crippen molar-refractivity contribution in [2.24, 2.45) is 0 Å². The predicted octanol–water partition coefficient (Wildman–Crippen LogP) is 2.80. The van der Waals surface area contributed by atoms with Crippen LogP contribution in [-0.4, -0.2) is 37.2 Å². The number of methoxy groups -OCH3 is 2. The highest BCUT2D eigenvalue weighted by atomic mass is 16.5. The fraction of sp³-hybridized carbons (Fsp3) is 0.105. The molecule has 0 atom stereocenters. The maximum Gasteiger partial charge on any atom is 0.337 e. The summed E-state index contributed by atoms with van der Waals surface area (Å²) in [5.41, 5.74) is 0.792. The summed E-state index contributed by atoms with van der Waals surface area (Å²) in [4.78, 5) is 35.6. The van der Waals surface area contributed by atoms with E-state index in [1.807, 2.05) is 0 Å². The summed E-state index contributed by atoms with van der Waals surface area (Å²) in [6, 6.07) is 12.5. The van der Waals surface area contributed by atoms with Crippen molar-refractivity contribution in [3.8, 4) is 0 Å². The molecule has 0 aliphatic rings. The number of aliphatic hydroxyl groups is 1. The van der Waals surface area contributed by atoms with E-state index < -0.39 is 17.8 Å². The molecule has 2 aromatic rings. The molecule has 134 valence electrons. The molecule has 7 heteroatoms. The van der Waals surface area contributed by atoms with Crippen LogP contribution in [-0.2, 0) is 14.3 Å². The lowest BCUT2D eigenvalue weighted by atomic mass is 10.1. The first-order valence-corrected chi connectivity index (χ1v) is 7.53. The van der Waals surface area contributed by atoms with Crippen molar-refractivity contribution in [2.75, 3.05) is 19.5 Å². The number of amides is 1. The summed E-state index contributed by atoms with van der Waals surface area (Å²) >= 11 is 0. The molecule has 0 aliphatic heterocycles. The average Bonchev–Trinajstić information content (AvgIpc) is 2.66. The molecule has 26 heavy (non-hydrogen) atoms. The van der Waals surface area contributed by atoms with Gasteiger partial charge in [-0.25, -0.2) is 9.59 Å². The van der Waals surface area contributed by atoms with Gasteiger partial charge in [-0.3, -0.25) is 4.79 Å². The fourth-order valence-electron chi connectivity index (χ4n) is 2.17. The van der Waals surface area contributed by atoms with E-state index in [-0.39, 0.29) is 22.6 Å². The Morgan fingerprint density at radius 3 is 1.92 bits per heavy atom. The number of anilines is 1. The van der Waals surface area contributed by atoms with Gasteiger partial charge in [-0.1, -0.05) is 30.3 Å². The average molecular weight is 355 g/mol. The number of rotatable bonds is 5. The van der Waals surface area contributed by atoms with Crippen molar-refractivity contribution in [3.63, 3.8) is 0 Å². The number of carbonyl (C=O) groups excluding carboxylic acids is 3. The Balaban J connectivity index is 2.28. The van der Waals surface area contributed by atoms with E-state index in [0.29, 0.717) is 5.56 Å². The highest BCUT2D eigenvalue weighted by Gasteiger charge is 2.15. The first-order chi connectivity index (χ1) is 12.4. The lowest BCUT2D eigenvalue weighted by molar-refractivity contribution is -0.111. The molecule has 0 bridgehead atoms. The molecule has 2 N–H and O–H groups in total. The van der Waals surface area contributed by atoms with Crippen molar-refractivity contribution in [2.45, 2.75) is 0 Å². The maximum absolute atomic E-state index is 12.1. The van der Waals surface area contributed by atoms with Crippen molar-refractivity contribution < 1.29 is 29.0 Å². The molecule has 0 unspecified atom stereocenters. The van der Waals surface area contributed by atoms with Gasteiger partial charge in [-0.05, 0) is 18.2 Å². The van der Waals surface area contributed by atoms with Gasteiger partial charge in [0.15, 0.2) is 0 Å². The van der Waals surface area contributed by atoms with Gasteiger partial charge >= 0.3 is 11.9 Å². The van der Waals surface area contributed by atoms with E-state index >= 15 is 0 Å². The van der Waals surface area contributed by atoms with Gasteiger partial charge in [0.2, 0.25) is 0 Å². The molecule has 0 saturated heterocycles. The molecule has 0 fully saturated rings. The standard InChI is InChI=1S/C19H17NO6/c1-25-18(23)13-8-14(19(24)26-2)10-15(9-13)20-17(22)11-16(21)12-6-4-3-5-7-12/h3-11,21H,1-2H3,(H,20,22). The first-order valence-electron chi connectivity index (χ1n) is 7.53. The summed E-state index contributed by atoms with van der Waals surface area (Å²) in [5, 5.41) is 12.5. The Hall–Kier alpha value is -3.61. The summed E-state index contributed by atoms with van der Waals surface area (Å²) in [5.74, 6) is -2.20. The number of benzene rings is 2. The third kappa shape index (κ3) is 4.70. The number of aliphatic hydroxyl groups excluding tert-OH is 1. The zero-order valence-corrected chi connectivity index (χ0v) is 14.2. The molecular formula is C19H17NO6. The number of ether oxygens (including phenoxy) is 2. The summed E-state index contributed by atoms with van der Waals surface area (Å²) in [6.07, 6.45) is 0.998. The highest BCUT2D eigenvalue weighted by Crippen LogP contribution is 2.18. The molecular weight excluding hydrogens is 338 g/mol. The Morgan fingerprint density at radius 2 is 1.42 bits per heavy atom. The number of esters is 2. The van der Waals surface area contributed by atoms with Gasteiger partial charge in [0.1, 0.15) is 5.76 Å². The zero-order valence-electron chi connectivity index (χ0n) is 14.2. The van der Waals surface area contributed by atoms with Crippen LogP contribution in [0, 0.1) is 0 Å². The molecule has 2 aromatic carbocycles. The SMILES string of the molecule is COC(=O)c1cc(NC(=O)C=C(O)c2ccccc2)cc(C(=O)OC)c1. The van der Waals surface area contributed by atoms with Gasteiger partial charge in [-0.15, -0.1) is 0 Å². The topological polar surface area (TPSA) is 102 Å². The number of hydrogen-bond acceptors (Lipinski definition) is 6. The quantitative estimate of drug-likeness (QED) is 0.486. The zero-order chi connectivity index (χ0) is 19.1. The minimum Gasteiger partial charge on any atom is -0.507 e. The highest BCUT2D eigenvalue weighted by molar-refractivity contribution is 6.05. The van der Waals surface area contributed by atoms with Crippen LogP contribution < -0.4 is 5.32 Å². The van der Waals surface area contributed by atoms with E-state index in [1.54, 1.807) is 30.3 Å². The second-order valence-corrected chi connectivity index (χ2v) is 5.17. The van der Waals surface area contributed by atoms with E-state index in [9.17, 15) is 19.5 Å². The van der Waals surface area contributed by atoms with Crippen LogP contribution in [0.2, 0.25) is 0 Å². The lowest BCUT2D eigenvalue weighted by Crippen LogP contribution is -2.12. The molecule has 0 heterocycles. The van der Waals surface area contributed by atoms with Gasteiger partial charge in [-0.2, -0.15) is 0 Å². The van der Waals surface area contributed by atoms with Crippen LogP contribution in [0.25, 0.3) is 5.76 Å². The number of hydrogen-bond donors (Lipinski definition) is 2. The molecule has 2 rings (SSSR count). The maximum atomic E-state index is 12.1. The van der Waals surface area contributed by atoms with Crippen molar-refractivity contribution in [1.29, 1.82) is 0 Å². The minimum atomic E-state index is -0.672. The van der Waals surface area contributed by atoms with Crippen LogP contribution in [0.15, 0.2) is 54.6 Å². The van der Waals surface area contributed by atoms with Crippen molar-refractivity contribution >= 4 is 29.3 Å². The number of carbonyl (C=O) groups is 3. The third-order valence-electron chi connectivity index (χ3n) is 3.38. The Kier molecular flexibility index (Phi) is 6.10. The van der Waals surface area contributed by atoms with Crippen LogP contribution in [0.1, 0.15) is 26.3 Å². The van der Waals surface area contributed by atoms with Crippen LogP contribution in [0.5, 0.6) is 0 Å². The molecule has 7 nitrogen and oxygen atoms in total. The summed E-state index contributed by atoms with van der Waals surface area (Å²) in [7, 11) is 2.40. The summed E-state index contributed by atoms with van der Waals surface area (Å²) < 4.78 is 9.26. The lowest BCUT2D eigenvalue weighted by Gasteiger charge is -2.08. The molecule has 0 aromatic heterocycles. The van der Waals surface area contributed by atoms with Crippen LogP contribution in [0.4, 0.5) is 5.69 Å². The second-order valence-electron chi connectivity index (χ2n) is 5.17. The van der Waals surface area contributed by atoms with Gasteiger partial charge in [0.05, 0.1) is 25.3 Å². The minimum absolute atomic E-state index is 0.0713. The van der Waals surface area contributed by atoms with Gasteiger partial charge < -0.3 is 19.9 Å². The molecule has 1 amide bonds.